The zero-order valence-electron chi connectivity index (χ0n) is 14.0. The summed E-state index contributed by atoms with van der Waals surface area (Å²) >= 11 is 0. The van der Waals surface area contributed by atoms with E-state index in [9.17, 15) is 14.7 Å². The van der Waals surface area contributed by atoms with Gasteiger partial charge in [-0.15, -0.1) is 0 Å². The lowest BCUT2D eigenvalue weighted by Gasteiger charge is -2.38. The molecule has 6 nitrogen and oxygen atoms in total. The first kappa shape index (κ1) is 17.4. The number of piperidine rings is 1. The van der Waals surface area contributed by atoms with Crippen molar-refractivity contribution in [2.24, 2.45) is 5.73 Å². The van der Waals surface area contributed by atoms with Gasteiger partial charge in [0.05, 0.1) is 18.6 Å². The first-order valence-corrected chi connectivity index (χ1v) is 7.87. The SMILES string of the molecule is CC(C)(C)c1ccc(C(=O)N2CCCC(O)(CC(N)=O)C2)nc1. The van der Waals surface area contributed by atoms with E-state index in [0.29, 0.717) is 25.1 Å². The molecule has 1 saturated heterocycles. The molecule has 126 valence electrons. The van der Waals surface area contributed by atoms with E-state index in [0.717, 1.165) is 5.56 Å². The predicted octanol–water partition coefficient (Wildman–Crippen LogP) is 1.22. The van der Waals surface area contributed by atoms with E-state index in [2.05, 4.69) is 25.8 Å². The molecule has 1 aromatic heterocycles. The Labute approximate surface area is 136 Å². The number of nitrogens with two attached hydrogens (primary N) is 1. The van der Waals surface area contributed by atoms with Gasteiger partial charge in [-0.05, 0) is 29.9 Å². The number of β-amino-alcohol motifs (C(OH)–C–C–N with tert-alkyl or cyclic N) is 1. The van der Waals surface area contributed by atoms with Gasteiger partial charge < -0.3 is 15.7 Å². The number of rotatable bonds is 3. The van der Waals surface area contributed by atoms with Crippen LogP contribution in [0.2, 0.25) is 0 Å². The van der Waals surface area contributed by atoms with Crippen molar-refractivity contribution in [2.75, 3.05) is 13.1 Å². The van der Waals surface area contributed by atoms with Crippen molar-refractivity contribution in [3.05, 3.63) is 29.6 Å². The summed E-state index contributed by atoms with van der Waals surface area (Å²) in [4.78, 5) is 29.5. The van der Waals surface area contributed by atoms with Crippen molar-refractivity contribution in [3.8, 4) is 0 Å². The number of likely N-dealkylation sites (tertiary alicyclic amines) is 1. The van der Waals surface area contributed by atoms with Crippen LogP contribution in [0.25, 0.3) is 0 Å². The van der Waals surface area contributed by atoms with Crippen LogP contribution in [0.15, 0.2) is 18.3 Å². The number of carbonyl (C=O) groups excluding carboxylic acids is 2. The molecule has 0 spiro atoms. The summed E-state index contributed by atoms with van der Waals surface area (Å²) in [6.07, 6.45) is 2.69. The van der Waals surface area contributed by atoms with Gasteiger partial charge in [-0.25, -0.2) is 0 Å². The van der Waals surface area contributed by atoms with Gasteiger partial charge in [-0.1, -0.05) is 26.8 Å². The van der Waals surface area contributed by atoms with Crippen molar-refractivity contribution in [3.63, 3.8) is 0 Å². The van der Waals surface area contributed by atoms with Crippen LogP contribution < -0.4 is 5.73 Å². The van der Waals surface area contributed by atoms with Gasteiger partial charge in [0.1, 0.15) is 5.69 Å². The number of nitrogens with zero attached hydrogens (tertiary/aromatic N) is 2. The third kappa shape index (κ3) is 4.28. The molecule has 2 heterocycles. The van der Waals surface area contributed by atoms with Crippen molar-refractivity contribution >= 4 is 11.8 Å². The summed E-state index contributed by atoms with van der Waals surface area (Å²) in [5.41, 5.74) is 5.33. The number of carbonyl (C=O) groups is 2. The number of hydrogen-bond acceptors (Lipinski definition) is 4. The van der Waals surface area contributed by atoms with Crippen LogP contribution in [0, 0.1) is 0 Å². The summed E-state index contributed by atoms with van der Waals surface area (Å²) in [7, 11) is 0. The van der Waals surface area contributed by atoms with Gasteiger partial charge in [-0.3, -0.25) is 14.6 Å². The molecule has 0 saturated carbocycles. The zero-order valence-corrected chi connectivity index (χ0v) is 14.0. The summed E-state index contributed by atoms with van der Waals surface area (Å²) in [6.45, 7) is 6.90. The first-order valence-electron chi connectivity index (χ1n) is 7.87. The van der Waals surface area contributed by atoms with Gasteiger partial charge >= 0.3 is 0 Å². The Hall–Kier alpha value is -1.95. The molecule has 3 N–H and O–H groups in total. The number of aromatic nitrogens is 1. The summed E-state index contributed by atoms with van der Waals surface area (Å²) in [5, 5.41) is 10.4. The normalized spacial score (nSPS) is 22.0. The molecular formula is C17H25N3O3. The molecule has 2 rings (SSSR count). The Morgan fingerprint density at radius 3 is 2.61 bits per heavy atom. The van der Waals surface area contributed by atoms with Crippen LogP contribution in [-0.4, -0.2) is 45.5 Å². The third-order valence-corrected chi connectivity index (χ3v) is 4.19. The molecule has 23 heavy (non-hydrogen) atoms. The molecule has 0 aromatic carbocycles. The first-order chi connectivity index (χ1) is 10.6. The fourth-order valence-electron chi connectivity index (χ4n) is 2.88. The number of amides is 2. The van der Waals surface area contributed by atoms with Crippen LogP contribution in [-0.2, 0) is 10.2 Å². The van der Waals surface area contributed by atoms with Crippen molar-refractivity contribution in [1.29, 1.82) is 0 Å². The summed E-state index contributed by atoms with van der Waals surface area (Å²) in [5.74, 6) is -0.789. The molecule has 1 fully saturated rings. The molecule has 1 atom stereocenters. The number of primary amides is 1. The Kier molecular flexibility index (Phi) is 4.75. The highest BCUT2D eigenvalue weighted by Gasteiger charge is 2.37. The molecule has 1 aliphatic heterocycles. The Morgan fingerprint density at radius 1 is 1.39 bits per heavy atom. The average molecular weight is 319 g/mol. The quantitative estimate of drug-likeness (QED) is 0.875. The number of hydrogen-bond donors (Lipinski definition) is 2. The van der Waals surface area contributed by atoms with Crippen LogP contribution >= 0.6 is 0 Å². The second-order valence-corrected chi connectivity index (χ2v) is 7.38. The van der Waals surface area contributed by atoms with Crippen LogP contribution in [0.1, 0.15) is 56.1 Å². The molecule has 1 aromatic rings. The highest BCUT2D eigenvalue weighted by atomic mass is 16.3. The molecule has 0 bridgehead atoms. The number of pyridine rings is 1. The number of aliphatic hydroxyl groups is 1. The maximum atomic E-state index is 12.6. The highest BCUT2D eigenvalue weighted by molar-refractivity contribution is 5.92. The lowest BCUT2D eigenvalue weighted by molar-refractivity contribution is -0.125. The molecule has 0 radical (unpaired) electrons. The van der Waals surface area contributed by atoms with E-state index in [1.165, 1.54) is 0 Å². The van der Waals surface area contributed by atoms with Gasteiger partial charge in [0.15, 0.2) is 0 Å². The lowest BCUT2D eigenvalue weighted by atomic mass is 9.88. The minimum atomic E-state index is -1.23. The fourth-order valence-corrected chi connectivity index (χ4v) is 2.88. The molecule has 2 amide bonds. The predicted molar refractivity (Wildman–Crippen MR) is 86.8 cm³/mol. The monoisotopic (exact) mass is 319 g/mol. The Bertz CT molecular complexity index is 592. The Balaban J connectivity index is 2.12. The van der Waals surface area contributed by atoms with Crippen LogP contribution in [0.5, 0.6) is 0 Å². The maximum absolute atomic E-state index is 12.6. The summed E-state index contributed by atoms with van der Waals surface area (Å²) in [6, 6.07) is 3.62. The van der Waals surface area contributed by atoms with E-state index >= 15 is 0 Å². The van der Waals surface area contributed by atoms with Gasteiger partial charge in [0, 0.05) is 12.7 Å². The second kappa shape index (κ2) is 6.28. The van der Waals surface area contributed by atoms with E-state index in [-0.39, 0.29) is 24.3 Å². The lowest BCUT2D eigenvalue weighted by Crippen LogP contribution is -2.52. The minimum Gasteiger partial charge on any atom is -0.388 e. The zero-order chi connectivity index (χ0) is 17.3. The van der Waals surface area contributed by atoms with Crippen molar-refractivity contribution < 1.29 is 14.7 Å². The highest BCUT2D eigenvalue weighted by Crippen LogP contribution is 2.26. The summed E-state index contributed by atoms with van der Waals surface area (Å²) < 4.78 is 0. The minimum absolute atomic E-state index is 0.0263. The molecular weight excluding hydrogens is 294 g/mol. The van der Waals surface area contributed by atoms with E-state index < -0.39 is 11.5 Å². The maximum Gasteiger partial charge on any atom is 0.272 e. The van der Waals surface area contributed by atoms with E-state index in [1.807, 2.05) is 6.07 Å². The largest absolute Gasteiger partial charge is 0.388 e. The van der Waals surface area contributed by atoms with Gasteiger partial charge in [0.25, 0.3) is 5.91 Å². The van der Waals surface area contributed by atoms with E-state index in [4.69, 9.17) is 5.73 Å². The smallest absolute Gasteiger partial charge is 0.272 e. The average Bonchev–Trinajstić information content (AvgIpc) is 2.44. The topological polar surface area (TPSA) is 96.5 Å². The van der Waals surface area contributed by atoms with Gasteiger partial charge in [0.2, 0.25) is 5.91 Å². The van der Waals surface area contributed by atoms with Crippen molar-refractivity contribution in [2.45, 2.75) is 51.0 Å². The van der Waals surface area contributed by atoms with Crippen molar-refractivity contribution in [1.82, 2.24) is 9.88 Å². The fraction of sp³-hybridized carbons (Fsp3) is 0.588. The van der Waals surface area contributed by atoms with Crippen LogP contribution in [0.4, 0.5) is 0 Å². The third-order valence-electron chi connectivity index (χ3n) is 4.19. The van der Waals surface area contributed by atoms with Crippen LogP contribution in [0.3, 0.4) is 0 Å². The molecule has 0 aliphatic carbocycles. The molecule has 6 heteroatoms. The molecule has 1 aliphatic rings. The standard InChI is InChI=1S/C17H25N3O3/c1-16(2,3)12-5-6-13(19-10-12)15(22)20-8-4-7-17(23,11-20)9-14(18)21/h5-6,10,23H,4,7-9,11H2,1-3H3,(H2,18,21). The Morgan fingerprint density at radius 2 is 2.09 bits per heavy atom. The van der Waals surface area contributed by atoms with Gasteiger partial charge in [-0.2, -0.15) is 0 Å². The second-order valence-electron chi connectivity index (χ2n) is 7.38. The molecule has 1 unspecified atom stereocenters. The van der Waals surface area contributed by atoms with E-state index in [1.54, 1.807) is 17.2 Å².